The lowest BCUT2D eigenvalue weighted by atomic mass is 10.1. The van der Waals surface area contributed by atoms with Crippen molar-refractivity contribution in [3.63, 3.8) is 0 Å². The number of nitrogens with zero attached hydrogens (tertiary/aromatic N) is 3. The quantitative estimate of drug-likeness (QED) is 0.750. The summed E-state index contributed by atoms with van der Waals surface area (Å²) in [5.74, 6) is 0.195. The van der Waals surface area contributed by atoms with Crippen molar-refractivity contribution >= 4 is 23.2 Å². The first-order valence-corrected chi connectivity index (χ1v) is 8.42. The zero-order valence-corrected chi connectivity index (χ0v) is 15.8. The first kappa shape index (κ1) is 17.9. The molecule has 1 heterocycles. The molecule has 26 heavy (non-hydrogen) atoms. The number of rotatable bonds is 4. The number of anilines is 1. The number of benzene rings is 2. The van der Waals surface area contributed by atoms with Gasteiger partial charge in [0.15, 0.2) is 5.69 Å². The molecule has 0 bridgehead atoms. The Labute approximate surface area is 156 Å². The number of methoxy groups -OCH3 is 1. The average molecular weight is 371 g/mol. The van der Waals surface area contributed by atoms with Crippen LogP contribution >= 0.6 is 11.6 Å². The van der Waals surface area contributed by atoms with E-state index in [0.29, 0.717) is 22.2 Å². The Morgan fingerprint density at radius 1 is 1.12 bits per heavy atom. The third kappa shape index (κ3) is 3.55. The second-order valence-electron chi connectivity index (χ2n) is 6.08. The third-order valence-corrected chi connectivity index (χ3v) is 4.27. The van der Waals surface area contributed by atoms with Crippen LogP contribution < -0.4 is 10.1 Å². The summed E-state index contributed by atoms with van der Waals surface area (Å²) in [5, 5.41) is 11.4. The molecule has 0 fully saturated rings. The fourth-order valence-corrected chi connectivity index (χ4v) is 3.05. The van der Waals surface area contributed by atoms with E-state index in [-0.39, 0.29) is 11.6 Å². The number of aryl methyl sites for hydroxylation is 2. The second-order valence-corrected chi connectivity index (χ2v) is 6.49. The maximum absolute atomic E-state index is 12.6. The minimum absolute atomic E-state index is 0.260. The zero-order chi connectivity index (χ0) is 18.8. The molecule has 7 heteroatoms. The Hall–Kier alpha value is -2.86. The van der Waals surface area contributed by atoms with Crippen molar-refractivity contribution in [2.45, 2.75) is 20.8 Å². The minimum atomic E-state index is -0.348. The number of halogens is 1. The molecule has 0 atom stereocenters. The number of carbonyl (C=O) groups is 1. The molecule has 2 aromatic carbocycles. The van der Waals surface area contributed by atoms with Gasteiger partial charge in [0.25, 0.3) is 5.91 Å². The van der Waals surface area contributed by atoms with Crippen LogP contribution in [0.5, 0.6) is 5.75 Å². The summed E-state index contributed by atoms with van der Waals surface area (Å²) in [6.45, 7) is 5.85. The molecule has 0 aliphatic carbocycles. The lowest BCUT2D eigenvalue weighted by Crippen LogP contribution is -2.14. The summed E-state index contributed by atoms with van der Waals surface area (Å²) >= 11 is 6.10. The van der Waals surface area contributed by atoms with E-state index in [1.54, 1.807) is 22.9 Å². The number of nitrogens with one attached hydrogen (secondary N) is 1. The van der Waals surface area contributed by atoms with Gasteiger partial charge < -0.3 is 10.1 Å². The van der Waals surface area contributed by atoms with E-state index in [1.165, 1.54) is 7.11 Å². The van der Waals surface area contributed by atoms with Crippen molar-refractivity contribution in [2.75, 3.05) is 12.4 Å². The minimum Gasteiger partial charge on any atom is -0.495 e. The standard InChI is InChI=1S/C19H19ClN4O2/c1-11-7-12(2)9-15(8-11)24-13(3)18(22-23-24)19(25)21-14-5-6-17(26-4)16(20)10-14/h5-10H,1-4H3,(H,21,25). The van der Waals surface area contributed by atoms with E-state index >= 15 is 0 Å². The number of hydrogen-bond donors (Lipinski definition) is 1. The molecule has 1 aromatic heterocycles. The van der Waals surface area contributed by atoms with Crippen LogP contribution in [-0.4, -0.2) is 28.0 Å². The molecule has 1 amide bonds. The maximum atomic E-state index is 12.6. The van der Waals surface area contributed by atoms with E-state index in [0.717, 1.165) is 16.8 Å². The van der Waals surface area contributed by atoms with E-state index < -0.39 is 0 Å². The van der Waals surface area contributed by atoms with Crippen LogP contribution in [0.15, 0.2) is 36.4 Å². The smallest absolute Gasteiger partial charge is 0.278 e. The third-order valence-electron chi connectivity index (χ3n) is 3.97. The summed E-state index contributed by atoms with van der Waals surface area (Å²) in [4.78, 5) is 12.6. The normalized spacial score (nSPS) is 10.7. The lowest BCUT2D eigenvalue weighted by Gasteiger charge is -2.08. The molecule has 0 saturated carbocycles. The predicted octanol–water partition coefficient (Wildman–Crippen LogP) is 4.11. The van der Waals surface area contributed by atoms with Gasteiger partial charge in [0, 0.05) is 5.69 Å². The number of hydrogen-bond acceptors (Lipinski definition) is 4. The van der Waals surface area contributed by atoms with E-state index in [9.17, 15) is 4.79 Å². The first-order chi connectivity index (χ1) is 12.4. The predicted molar refractivity (Wildman–Crippen MR) is 102 cm³/mol. The van der Waals surface area contributed by atoms with Crippen LogP contribution in [-0.2, 0) is 0 Å². The van der Waals surface area contributed by atoms with Gasteiger partial charge in [-0.3, -0.25) is 4.79 Å². The Balaban J connectivity index is 1.87. The van der Waals surface area contributed by atoms with Crippen molar-refractivity contribution in [3.8, 4) is 11.4 Å². The van der Waals surface area contributed by atoms with Crippen LogP contribution in [0.3, 0.4) is 0 Å². The Morgan fingerprint density at radius 3 is 2.42 bits per heavy atom. The van der Waals surface area contributed by atoms with Crippen molar-refractivity contribution < 1.29 is 9.53 Å². The van der Waals surface area contributed by atoms with Gasteiger partial charge in [0.05, 0.1) is 23.5 Å². The number of carbonyl (C=O) groups excluding carboxylic acids is 1. The molecule has 134 valence electrons. The van der Waals surface area contributed by atoms with Crippen molar-refractivity contribution in [3.05, 3.63) is 63.9 Å². The Morgan fingerprint density at radius 2 is 1.81 bits per heavy atom. The van der Waals surface area contributed by atoms with E-state index in [2.05, 4.69) is 21.7 Å². The average Bonchev–Trinajstić information content (AvgIpc) is 2.96. The molecule has 3 rings (SSSR count). The molecular formula is C19H19ClN4O2. The van der Waals surface area contributed by atoms with Gasteiger partial charge in [0.1, 0.15) is 5.75 Å². The van der Waals surface area contributed by atoms with Crippen molar-refractivity contribution in [1.82, 2.24) is 15.0 Å². The summed E-state index contributed by atoms with van der Waals surface area (Å²) < 4.78 is 6.77. The van der Waals surface area contributed by atoms with Crippen LogP contribution in [0, 0.1) is 20.8 Å². The van der Waals surface area contributed by atoms with Gasteiger partial charge in [-0.1, -0.05) is 22.9 Å². The van der Waals surface area contributed by atoms with Crippen molar-refractivity contribution in [1.29, 1.82) is 0 Å². The molecule has 0 saturated heterocycles. The highest BCUT2D eigenvalue weighted by molar-refractivity contribution is 6.32. The highest BCUT2D eigenvalue weighted by Gasteiger charge is 2.18. The highest BCUT2D eigenvalue weighted by atomic mass is 35.5. The van der Waals surface area contributed by atoms with Gasteiger partial charge >= 0.3 is 0 Å². The zero-order valence-electron chi connectivity index (χ0n) is 15.0. The molecule has 0 radical (unpaired) electrons. The Bertz CT molecular complexity index is 961. The SMILES string of the molecule is COc1ccc(NC(=O)c2nnn(-c3cc(C)cc(C)c3)c2C)cc1Cl. The van der Waals surface area contributed by atoms with Crippen molar-refractivity contribution in [2.24, 2.45) is 0 Å². The summed E-state index contributed by atoms with van der Waals surface area (Å²) in [6, 6.07) is 11.1. The largest absolute Gasteiger partial charge is 0.495 e. The summed E-state index contributed by atoms with van der Waals surface area (Å²) in [7, 11) is 1.54. The van der Waals surface area contributed by atoms with Crippen LogP contribution in [0.1, 0.15) is 27.3 Å². The van der Waals surface area contributed by atoms with E-state index in [1.807, 2.05) is 32.9 Å². The maximum Gasteiger partial charge on any atom is 0.278 e. The summed E-state index contributed by atoms with van der Waals surface area (Å²) in [6.07, 6.45) is 0. The number of aromatic nitrogens is 3. The summed E-state index contributed by atoms with van der Waals surface area (Å²) in [5.41, 5.74) is 4.59. The van der Waals surface area contributed by atoms with Gasteiger partial charge in [0.2, 0.25) is 0 Å². The van der Waals surface area contributed by atoms with Gasteiger partial charge in [-0.25, -0.2) is 4.68 Å². The molecule has 6 nitrogen and oxygen atoms in total. The van der Waals surface area contributed by atoms with Gasteiger partial charge in [-0.15, -0.1) is 5.10 Å². The monoisotopic (exact) mass is 370 g/mol. The Kier molecular flexibility index (Phi) is 4.95. The second kappa shape index (κ2) is 7.17. The first-order valence-electron chi connectivity index (χ1n) is 8.05. The van der Waals surface area contributed by atoms with Gasteiger partial charge in [-0.05, 0) is 62.2 Å². The molecule has 0 aliphatic heterocycles. The van der Waals surface area contributed by atoms with E-state index in [4.69, 9.17) is 16.3 Å². The molecule has 1 N–H and O–H groups in total. The highest BCUT2D eigenvalue weighted by Crippen LogP contribution is 2.27. The molecule has 0 unspecified atom stereocenters. The molecular weight excluding hydrogens is 352 g/mol. The number of amides is 1. The van der Waals surface area contributed by atoms with Crippen LogP contribution in [0.2, 0.25) is 5.02 Å². The van der Waals surface area contributed by atoms with Gasteiger partial charge in [-0.2, -0.15) is 0 Å². The van der Waals surface area contributed by atoms with Crippen LogP contribution in [0.4, 0.5) is 5.69 Å². The van der Waals surface area contributed by atoms with Crippen LogP contribution in [0.25, 0.3) is 5.69 Å². The molecule has 3 aromatic rings. The fourth-order valence-electron chi connectivity index (χ4n) is 2.79. The topological polar surface area (TPSA) is 69.0 Å². The lowest BCUT2D eigenvalue weighted by molar-refractivity contribution is 0.102. The number of ether oxygens (including phenoxy) is 1. The molecule has 0 aliphatic rings. The fraction of sp³-hybridized carbons (Fsp3) is 0.211. The molecule has 0 spiro atoms.